The monoisotopic (exact) mass is 272 g/mol. The van der Waals surface area contributed by atoms with E-state index in [-0.39, 0.29) is 11.9 Å². The summed E-state index contributed by atoms with van der Waals surface area (Å²) in [5.74, 6) is -0.182. The van der Waals surface area contributed by atoms with E-state index in [1.807, 2.05) is 25.3 Å². The number of nitrogens with one attached hydrogen (secondary N) is 1. The van der Waals surface area contributed by atoms with Crippen molar-refractivity contribution in [1.29, 1.82) is 0 Å². The zero-order valence-corrected chi connectivity index (χ0v) is 12.3. The van der Waals surface area contributed by atoms with Gasteiger partial charge in [-0.3, -0.25) is 4.98 Å². The number of aryl methyl sites for hydroxylation is 2. The summed E-state index contributed by atoms with van der Waals surface area (Å²) in [6, 6.07) is 9.14. The molecule has 1 N–H and O–H groups in total. The summed E-state index contributed by atoms with van der Waals surface area (Å²) in [6.07, 6.45) is 2.57. The van der Waals surface area contributed by atoms with Crippen LogP contribution in [0.4, 0.5) is 4.39 Å². The Hall–Kier alpha value is -1.74. The Bertz CT molecular complexity index is 581. The van der Waals surface area contributed by atoms with Gasteiger partial charge in [0.1, 0.15) is 5.82 Å². The molecule has 0 saturated carbocycles. The van der Waals surface area contributed by atoms with Crippen molar-refractivity contribution in [2.24, 2.45) is 0 Å². The maximum Gasteiger partial charge on any atom is 0.123 e. The number of hydrogen-bond acceptors (Lipinski definition) is 2. The molecule has 20 heavy (non-hydrogen) atoms. The van der Waals surface area contributed by atoms with Gasteiger partial charge in [-0.25, -0.2) is 4.39 Å². The number of aromatic nitrogens is 1. The molecule has 0 aliphatic carbocycles. The highest BCUT2D eigenvalue weighted by atomic mass is 19.1. The van der Waals surface area contributed by atoms with Gasteiger partial charge >= 0.3 is 0 Å². The van der Waals surface area contributed by atoms with E-state index in [0.717, 1.165) is 29.8 Å². The van der Waals surface area contributed by atoms with Crippen LogP contribution >= 0.6 is 0 Å². The number of nitrogens with zero attached hydrogens (tertiary/aromatic N) is 1. The highest BCUT2D eigenvalue weighted by Crippen LogP contribution is 2.20. The Balaban J connectivity index is 2.27. The van der Waals surface area contributed by atoms with Gasteiger partial charge < -0.3 is 5.32 Å². The lowest BCUT2D eigenvalue weighted by Gasteiger charge is -2.19. The third-order valence-corrected chi connectivity index (χ3v) is 3.48. The van der Waals surface area contributed by atoms with Crippen LogP contribution in [0.3, 0.4) is 0 Å². The number of rotatable bonds is 5. The van der Waals surface area contributed by atoms with Crippen molar-refractivity contribution in [2.45, 2.75) is 33.2 Å². The van der Waals surface area contributed by atoms with Crippen LogP contribution in [-0.4, -0.2) is 11.5 Å². The normalized spacial score (nSPS) is 12.4. The SMILES string of the molecule is CCNC(Cc1cc(F)ccc1C)c1cc(C)ccn1. The summed E-state index contributed by atoms with van der Waals surface area (Å²) in [4.78, 5) is 4.45. The third kappa shape index (κ3) is 3.64. The molecule has 0 aliphatic heterocycles. The quantitative estimate of drug-likeness (QED) is 0.897. The molecule has 0 saturated heterocycles. The number of hydrogen-bond donors (Lipinski definition) is 1. The van der Waals surface area contributed by atoms with E-state index < -0.39 is 0 Å². The Kier molecular flexibility index (Phi) is 4.85. The van der Waals surface area contributed by atoms with Crippen molar-refractivity contribution >= 4 is 0 Å². The van der Waals surface area contributed by atoms with Gasteiger partial charge in [-0.15, -0.1) is 0 Å². The number of benzene rings is 1. The fourth-order valence-electron chi connectivity index (χ4n) is 2.36. The van der Waals surface area contributed by atoms with E-state index >= 15 is 0 Å². The molecule has 0 bridgehead atoms. The highest BCUT2D eigenvalue weighted by molar-refractivity contribution is 5.29. The van der Waals surface area contributed by atoms with E-state index in [1.165, 1.54) is 11.6 Å². The first-order valence-corrected chi connectivity index (χ1v) is 7.01. The molecule has 0 amide bonds. The average Bonchev–Trinajstić information content (AvgIpc) is 2.42. The second-order valence-corrected chi connectivity index (χ2v) is 5.14. The first-order chi connectivity index (χ1) is 9.60. The average molecular weight is 272 g/mol. The largest absolute Gasteiger partial charge is 0.309 e. The molecule has 1 aromatic heterocycles. The van der Waals surface area contributed by atoms with Gasteiger partial charge in [0.2, 0.25) is 0 Å². The number of pyridine rings is 1. The molecule has 0 aliphatic rings. The van der Waals surface area contributed by atoms with Crippen molar-refractivity contribution < 1.29 is 4.39 Å². The lowest BCUT2D eigenvalue weighted by molar-refractivity contribution is 0.532. The van der Waals surface area contributed by atoms with E-state index in [4.69, 9.17) is 0 Å². The predicted molar refractivity (Wildman–Crippen MR) is 80.2 cm³/mol. The van der Waals surface area contributed by atoms with Gasteiger partial charge in [0.15, 0.2) is 0 Å². The fourth-order valence-corrected chi connectivity index (χ4v) is 2.36. The Morgan fingerprint density at radius 3 is 2.70 bits per heavy atom. The third-order valence-electron chi connectivity index (χ3n) is 3.48. The number of halogens is 1. The van der Waals surface area contributed by atoms with Crippen LogP contribution in [0.2, 0.25) is 0 Å². The molecular formula is C17H21FN2. The molecule has 1 aromatic carbocycles. The van der Waals surface area contributed by atoms with Crippen LogP contribution in [0.25, 0.3) is 0 Å². The van der Waals surface area contributed by atoms with E-state index in [9.17, 15) is 4.39 Å². The molecule has 1 unspecified atom stereocenters. The zero-order chi connectivity index (χ0) is 14.5. The lowest BCUT2D eigenvalue weighted by atomic mass is 9.98. The van der Waals surface area contributed by atoms with Crippen molar-refractivity contribution in [1.82, 2.24) is 10.3 Å². The summed E-state index contributed by atoms with van der Waals surface area (Å²) in [6.45, 7) is 7.00. The van der Waals surface area contributed by atoms with Crippen LogP contribution < -0.4 is 5.32 Å². The molecule has 0 fully saturated rings. The zero-order valence-electron chi connectivity index (χ0n) is 12.3. The summed E-state index contributed by atoms with van der Waals surface area (Å²) >= 11 is 0. The lowest BCUT2D eigenvalue weighted by Crippen LogP contribution is -2.24. The van der Waals surface area contributed by atoms with Crippen LogP contribution in [0.1, 0.15) is 35.3 Å². The summed E-state index contributed by atoms with van der Waals surface area (Å²) in [5.41, 5.74) is 4.34. The van der Waals surface area contributed by atoms with Crippen LogP contribution in [0, 0.1) is 19.7 Å². The van der Waals surface area contributed by atoms with Gasteiger partial charge in [-0.05, 0) is 67.8 Å². The van der Waals surface area contributed by atoms with Gasteiger partial charge in [0, 0.05) is 6.20 Å². The van der Waals surface area contributed by atoms with Crippen molar-refractivity contribution in [2.75, 3.05) is 6.54 Å². The Labute approximate surface area is 120 Å². The standard InChI is InChI=1S/C17H21FN2/c1-4-19-17(16-9-12(2)7-8-20-16)11-14-10-15(18)6-5-13(14)3/h5-10,17,19H,4,11H2,1-3H3. The molecule has 1 atom stereocenters. The van der Waals surface area contributed by atoms with Crippen LogP contribution in [-0.2, 0) is 6.42 Å². The topological polar surface area (TPSA) is 24.9 Å². The molecule has 2 rings (SSSR count). The van der Waals surface area contributed by atoms with Gasteiger partial charge in [0.25, 0.3) is 0 Å². The maximum atomic E-state index is 13.4. The van der Waals surface area contributed by atoms with E-state index in [0.29, 0.717) is 0 Å². The number of likely N-dealkylation sites (N-methyl/N-ethyl adjacent to an activating group) is 1. The van der Waals surface area contributed by atoms with Crippen molar-refractivity contribution in [3.63, 3.8) is 0 Å². The Morgan fingerprint density at radius 1 is 1.20 bits per heavy atom. The summed E-state index contributed by atoms with van der Waals surface area (Å²) in [7, 11) is 0. The molecule has 2 aromatic rings. The minimum Gasteiger partial charge on any atom is -0.309 e. The molecule has 1 heterocycles. The van der Waals surface area contributed by atoms with E-state index in [1.54, 1.807) is 6.07 Å². The molecule has 0 spiro atoms. The second-order valence-electron chi connectivity index (χ2n) is 5.14. The molecule has 3 heteroatoms. The molecule has 2 nitrogen and oxygen atoms in total. The highest BCUT2D eigenvalue weighted by Gasteiger charge is 2.14. The summed E-state index contributed by atoms with van der Waals surface area (Å²) < 4.78 is 13.4. The summed E-state index contributed by atoms with van der Waals surface area (Å²) in [5, 5.41) is 3.44. The van der Waals surface area contributed by atoms with Gasteiger partial charge in [0.05, 0.1) is 11.7 Å². The molecular weight excluding hydrogens is 251 g/mol. The first kappa shape index (κ1) is 14.7. The minimum absolute atomic E-state index is 0.111. The predicted octanol–water partition coefficient (Wildman–Crippen LogP) is 3.73. The minimum atomic E-state index is -0.182. The first-order valence-electron chi connectivity index (χ1n) is 7.01. The van der Waals surface area contributed by atoms with Gasteiger partial charge in [-0.2, -0.15) is 0 Å². The molecule has 106 valence electrons. The maximum absolute atomic E-state index is 13.4. The van der Waals surface area contributed by atoms with Crippen LogP contribution in [0.15, 0.2) is 36.5 Å². The van der Waals surface area contributed by atoms with Gasteiger partial charge in [-0.1, -0.05) is 13.0 Å². The van der Waals surface area contributed by atoms with Crippen molar-refractivity contribution in [3.8, 4) is 0 Å². The van der Waals surface area contributed by atoms with Crippen LogP contribution in [0.5, 0.6) is 0 Å². The molecule has 0 radical (unpaired) electrons. The van der Waals surface area contributed by atoms with Crippen molar-refractivity contribution in [3.05, 3.63) is 64.7 Å². The smallest absolute Gasteiger partial charge is 0.123 e. The fraction of sp³-hybridized carbons (Fsp3) is 0.353. The van der Waals surface area contributed by atoms with E-state index in [2.05, 4.69) is 30.2 Å². The second kappa shape index (κ2) is 6.62. The Morgan fingerprint density at radius 2 is 2.00 bits per heavy atom.